The van der Waals surface area contributed by atoms with Gasteiger partial charge in [-0.3, -0.25) is 18.0 Å². The van der Waals surface area contributed by atoms with Crippen molar-refractivity contribution in [3.05, 3.63) is 48.1 Å². The van der Waals surface area contributed by atoms with Crippen molar-refractivity contribution in [1.82, 2.24) is 9.80 Å². The number of rotatable bonds is 7. The van der Waals surface area contributed by atoms with Crippen LogP contribution in [0.5, 0.6) is 0 Å². The Hall–Kier alpha value is -2.28. The second-order valence-electron chi connectivity index (χ2n) is 5.35. The molecule has 2 aliphatic heterocycles. The molecule has 4 N–H and O–H groups in total. The van der Waals surface area contributed by atoms with E-state index < -0.39 is 44.2 Å². The quantitative estimate of drug-likeness (QED) is 0.498. The third-order valence-electron chi connectivity index (χ3n) is 3.34. The molecule has 0 saturated heterocycles. The van der Waals surface area contributed by atoms with Gasteiger partial charge in [0.15, 0.2) is 0 Å². The van der Waals surface area contributed by atoms with Crippen LogP contribution in [0.4, 0.5) is 0 Å². The van der Waals surface area contributed by atoms with Crippen LogP contribution in [0.3, 0.4) is 0 Å². The summed E-state index contributed by atoms with van der Waals surface area (Å²) in [6.07, 6.45) is 6.70. The summed E-state index contributed by atoms with van der Waals surface area (Å²) in [7, 11) is -1.56. The third kappa shape index (κ3) is 4.88. The van der Waals surface area contributed by atoms with Gasteiger partial charge in [0.2, 0.25) is 11.8 Å². The maximum atomic E-state index is 12.1. The number of hydrogen-bond donors (Lipinski definition) is 2. The molecule has 0 aliphatic carbocycles. The van der Waals surface area contributed by atoms with E-state index in [2.05, 4.69) is 0 Å². The lowest BCUT2D eigenvalue weighted by Gasteiger charge is -2.23. The van der Waals surface area contributed by atoms with E-state index in [1.807, 2.05) is 0 Å². The Bertz CT molecular complexity index is 711. The van der Waals surface area contributed by atoms with Gasteiger partial charge in [-0.25, -0.2) is 8.42 Å². The molecule has 0 aromatic rings. The molecule has 0 aromatic heterocycles. The van der Waals surface area contributed by atoms with Gasteiger partial charge in [0.25, 0.3) is 20.2 Å². The van der Waals surface area contributed by atoms with Crippen LogP contribution in [0.2, 0.25) is 0 Å². The summed E-state index contributed by atoms with van der Waals surface area (Å²) in [6.45, 7) is 0. The minimum Gasteiger partial charge on any atom is -0.366 e. The number of nitrogens with two attached hydrogens (primary N) is 2. The van der Waals surface area contributed by atoms with Crippen LogP contribution in [0.1, 0.15) is 0 Å². The topological polar surface area (TPSA) is 145 Å². The first kappa shape index (κ1) is 20.0. The number of primary amides is 2. The molecule has 2 aliphatic rings. The minimum absolute atomic E-state index is 0.0391. The zero-order chi connectivity index (χ0) is 19.4. The molecule has 2 amide bonds. The van der Waals surface area contributed by atoms with Crippen LogP contribution in [-0.4, -0.2) is 56.3 Å². The zero-order valence-corrected chi connectivity index (χ0v) is 15.6. The monoisotopic (exact) mass is 402 g/mol. The van der Waals surface area contributed by atoms with Crippen LogP contribution < -0.4 is 11.5 Å². The molecule has 4 atom stereocenters. The van der Waals surface area contributed by atoms with Gasteiger partial charge in [-0.05, 0) is 12.2 Å². The molecular formula is C14H18N4O6S2. The van der Waals surface area contributed by atoms with Crippen molar-refractivity contribution in [3.63, 3.8) is 0 Å². The molecule has 2 rings (SSSR count). The summed E-state index contributed by atoms with van der Waals surface area (Å²) in [5.74, 6) is -1.54. The number of amides is 2. The fraction of sp³-hybridized carbons (Fsp3) is 0.286. The Labute approximate surface area is 154 Å². The van der Waals surface area contributed by atoms with Gasteiger partial charge in [-0.2, -0.15) is 0 Å². The smallest absolute Gasteiger partial charge is 0.278 e. The van der Waals surface area contributed by atoms with Gasteiger partial charge >= 0.3 is 0 Å². The Kier molecular flexibility index (Phi) is 6.47. The normalized spacial score (nSPS) is 24.7. The van der Waals surface area contributed by atoms with Crippen LogP contribution in [0.25, 0.3) is 0 Å². The zero-order valence-electron chi connectivity index (χ0n) is 13.9. The van der Waals surface area contributed by atoms with Crippen LogP contribution in [0.15, 0.2) is 48.1 Å². The maximum absolute atomic E-state index is 12.1. The molecule has 0 bridgehead atoms. The average molecular weight is 402 g/mol. The third-order valence-corrected chi connectivity index (χ3v) is 5.42. The average Bonchev–Trinajstić information content (AvgIpc) is 2.57. The lowest BCUT2D eigenvalue weighted by Crippen LogP contribution is -2.33. The standard InChI is InChI=1S/C14H18N4O6S2/c1-17-5-3-11(9(7-17)13(15)19)23-25(21)26(22)24-12-4-6-18(2)8-10(12)14(16)20/h3-8,11-12H,1-2H3,(H2,15,19)(H2,16,20). The first-order valence-electron chi connectivity index (χ1n) is 7.21. The highest BCUT2D eigenvalue weighted by Crippen LogP contribution is 2.20. The van der Waals surface area contributed by atoms with E-state index in [1.54, 1.807) is 36.3 Å². The summed E-state index contributed by atoms with van der Waals surface area (Å²) >= 11 is 0. The molecule has 0 saturated carbocycles. The lowest BCUT2D eigenvalue weighted by atomic mass is 10.1. The molecule has 0 radical (unpaired) electrons. The summed E-state index contributed by atoms with van der Waals surface area (Å²) in [6, 6.07) is 0. The van der Waals surface area contributed by atoms with E-state index in [-0.39, 0.29) is 11.1 Å². The maximum Gasteiger partial charge on any atom is 0.278 e. The molecular weight excluding hydrogens is 384 g/mol. The number of nitrogens with zero attached hydrogens (tertiary/aromatic N) is 2. The van der Waals surface area contributed by atoms with E-state index in [9.17, 15) is 18.0 Å². The van der Waals surface area contributed by atoms with E-state index in [4.69, 9.17) is 19.8 Å². The van der Waals surface area contributed by atoms with Crippen molar-refractivity contribution in [1.29, 1.82) is 0 Å². The SMILES string of the molecule is CN1C=CC(OS(=O)S(=O)OC2C=CN(C)C=C2C(N)=O)C(C(N)=O)=C1. The van der Waals surface area contributed by atoms with Crippen molar-refractivity contribution >= 4 is 32.0 Å². The Balaban J connectivity index is 2.05. The fourth-order valence-electron chi connectivity index (χ4n) is 2.12. The Morgan fingerprint density at radius 3 is 1.54 bits per heavy atom. The molecule has 4 unspecified atom stereocenters. The summed E-state index contributed by atoms with van der Waals surface area (Å²) in [5, 5.41) is 0. The number of hydrogen-bond acceptors (Lipinski definition) is 8. The molecule has 0 fully saturated rings. The second kappa shape index (κ2) is 8.40. The van der Waals surface area contributed by atoms with E-state index in [0.717, 1.165) is 0 Å². The van der Waals surface area contributed by atoms with Crippen molar-refractivity contribution < 1.29 is 26.4 Å². The van der Waals surface area contributed by atoms with Crippen LogP contribution in [0, 0.1) is 0 Å². The predicted molar refractivity (Wildman–Crippen MR) is 94.4 cm³/mol. The van der Waals surface area contributed by atoms with E-state index >= 15 is 0 Å². The number of carbonyl (C=O) groups excluding carboxylic acids is 2. The molecule has 2 heterocycles. The van der Waals surface area contributed by atoms with E-state index in [1.165, 1.54) is 24.6 Å². The molecule has 0 spiro atoms. The van der Waals surface area contributed by atoms with Gasteiger partial charge in [0.05, 0.1) is 11.1 Å². The molecule has 26 heavy (non-hydrogen) atoms. The minimum atomic E-state index is -2.44. The van der Waals surface area contributed by atoms with Crippen LogP contribution >= 0.6 is 0 Å². The van der Waals surface area contributed by atoms with Gasteiger partial charge in [-0.15, -0.1) is 0 Å². The van der Waals surface area contributed by atoms with Crippen LogP contribution in [-0.2, 0) is 38.2 Å². The van der Waals surface area contributed by atoms with Crippen molar-refractivity contribution in [3.8, 4) is 0 Å². The summed E-state index contributed by atoms with van der Waals surface area (Å²) < 4.78 is 34.5. The molecule has 0 aromatic carbocycles. The van der Waals surface area contributed by atoms with Crippen molar-refractivity contribution in [2.24, 2.45) is 11.5 Å². The Morgan fingerprint density at radius 2 is 1.23 bits per heavy atom. The molecule has 142 valence electrons. The van der Waals surface area contributed by atoms with Gasteiger partial charge in [0, 0.05) is 38.9 Å². The van der Waals surface area contributed by atoms with Gasteiger partial charge < -0.3 is 21.3 Å². The van der Waals surface area contributed by atoms with E-state index in [0.29, 0.717) is 0 Å². The largest absolute Gasteiger partial charge is 0.366 e. The van der Waals surface area contributed by atoms with Gasteiger partial charge in [-0.1, -0.05) is 0 Å². The first-order chi connectivity index (χ1) is 12.2. The molecule has 10 nitrogen and oxygen atoms in total. The predicted octanol–water partition coefficient (Wildman–Crippen LogP) is -1.34. The van der Waals surface area contributed by atoms with Gasteiger partial charge in [0.1, 0.15) is 12.2 Å². The Morgan fingerprint density at radius 1 is 0.885 bits per heavy atom. The van der Waals surface area contributed by atoms with Crippen molar-refractivity contribution in [2.45, 2.75) is 12.2 Å². The van der Waals surface area contributed by atoms with Crippen molar-refractivity contribution in [2.75, 3.05) is 14.1 Å². The molecule has 12 heteroatoms. The highest BCUT2D eigenvalue weighted by molar-refractivity contribution is 8.57. The summed E-state index contributed by atoms with van der Waals surface area (Å²) in [5.41, 5.74) is 10.6. The second-order valence-corrected chi connectivity index (χ2v) is 8.19. The first-order valence-corrected chi connectivity index (χ1v) is 9.87. The fourth-order valence-corrected chi connectivity index (χ4v) is 3.81. The lowest BCUT2D eigenvalue weighted by molar-refractivity contribution is -0.116. The number of carbonyl (C=O) groups is 2. The summed E-state index contributed by atoms with van der Waals surface area (Å²) in [4.78, 5) is 26.0. The highest BCUT2D eigenvalue weighted by atomic mass is 33.2. The highest BCUT2D eigenvalue weighted by Gasteiger charge is 2.29.